The average Bonchev–Trinajstić information content (AvgIpc) is 2.47. The Kier molecular flexibility index (Phi) is 2.81. The molecule has 14 heavy (non-hydrogen) atoms. The summed E-state index contributed by atoms with van der Waals surface area (Å²) in [5.41, 5.74) is 0. The third-order valence-corrected chi connectivity index (χ3v) is 5.03. The Labute approximate surface area is 84.2 Å². The molecule has 2 aliphatic heterocycles. The van der Waals surface area contributed by atoms with Gasteiger partial charge in [-0.15, -0.1) is 0 Å². The van der Waals surface area contributed by atoms with Gasteiger partial charge in [-0.3, -0.25) is 0 Å². The van der Waals surface area contributed by atoms with Gasteiger partial charge in [0, 0.05) is 12.5 Å². The lowest BCUT2D eigenvalue weighted by Crippen LogP contribution is -2.37. The first kappa shape index (κ1) is 10.4. The molecule has 0 amide bonds. The number of ether oxygens (including phenoxy) is 1. The average molecular weight is 220 g/mol. The molecule has 0 aliphatic carbocycles. The van der Waals surface area contributed by atoms with Gasteiger partial charge in [0.1, 0.15) is 0 Å². The highest BCUT2D eigenvalue weighted by molar-refractivity contribution is 7.91. The van der Waals surface area contributed by atoms with E-state index in [9.17, 15) is 13.5 Å². The van der Waals surface area contributed by atoms with Crippen molar-refractivity contribution in [1.29, 1.82) is 0 Å². The van der Waals surface area contributed by atoms with E-state index in [0.717, 1.165) is 0 Å². The largest absolute Gasteiger partial charge is 0.393 e. The van der Waals surface area contributed by atoms with Crippen LogP contribution in [0.3, 0.4) is 0 Å². The number of hydrogen-bond donors (Lipinski definition) is 1. The fraction of sp³-hybridized carbons (Fsp3) is 1.00. The molecule has 2 rings (SSSR count). The fourth-order valence-corrected chi connectivity index (χ4v) is 4.26. The molecule has 0 aromatic rings. The van der Waals surface area contributed by atoms with Crippen LogP contribution in [0.1, 0.15) is 12.8 Å². The van der Waals surface area contributed by atoms with Crippen LogP contribution in [-0.4, -0.2) is 44.3 Å². The predicted octanol–water partition coefficient (Wildman–Crippen LogP) is -0.181. The standard InChI is InChI=1S/C9H16O4S/c10-9-1-3-13-5-8(9)7-2-4-14(11,12)6-7/h7-10H,1-6H2. The normalized spacial score (nSPS) is 42.5. The molecule has 4 nitrogen and oxygen atoms in total. The molecule has 0 saturated carbocycles. The SMILES string of the molecule is O=S1(=O)CCC(C2COCCC2O)C1. The summed E-state index contributed by atoms with van der Waals surface area (Å²) < 4.78 is 27.8. The Morgan fingerprint density at radius 3 is 2.64 bits per heavy atom. The zero-order chi connectivity index (χ0) is 10.2. The van der Waals surface area contributed by atoms with E-state index in [-0.39, 0.29) is 29.4 Å². The van der Waals surface area contributed by atoms with Crippen molar-refractivity contribution in [1.82, 2.24) is 0 Å². The molecule has 2 saturated heterocycles. The van der Waals surface area contributed by atoms with Crippen molar-refractivity contribution in [3.8, 4) is 0 Å². The summed E-state index contributed by atoms with van der Waals surface area (Å²) in [7, 11) is -2.83. The number of aliphatic hydroxyl groups is 1. The van der Waals surface area contributed by atoms with Crippen LogP contribution in [0, 0.1) is 11.8 Å². The monoisotopic (exact) mass is 220 g/mol. The maximum absolute atomic E-state index is 11.3. The summed E-state index contributed by atoms with van der Waals surface area (Å²) in [5.74, 6) is 0.648. The second-order valence-corrected chi connectivity index (χ2v) is 6.49. The van der Waals surface area contributed by atoms with Crippen LogP contribution in [-0.2, 0) is 14.6 Å². The van der Waals surface area contributed by atoms with Crippen LogP contribution >= 0.6 is 0 Å². The topological polar surface area (TPSA) is 63.6 Å². The lowest BCUT2D eigenvalue weighted by atomic mass is 9.85. The molecule has 0 spiro atoms. The van der Waals surface area contributed by atoms with E-state index >= 15 is 0 Å². The number of sulfone groups is 1. The minimum Gasteiger partial charge on any atom is -0.393 e. The summed E-state index contributed by atoms with van der Waals surface area (Å²) in [6.07, 6.45) is 0.955. The fourth-order valence-electron chi connectivity index (χ4n) is 2.36. The molecule has 5 heteroatoms. The first-order valence-electron chi connectivity index (χ1n) is 5.05. The van der Waals surface area contributed by atoms with Crippen LogP contribution in [0.25, 0.3) is 0 Å². The molecule has 1 N–H and O–H groups in total. The van der Waals surface area contributed by atoms with Crippen molar-refractivity contribution < 1.29 is 18.3 Å². The summed E-state index contributed by atoms with van der Waals surface area (Å²) in [6.45, 7) is 1.11. The number of hydrogen-bond acceptors (Lipinski definition) is 4. The highest BCUT2D eigenvalue weighted by Gasteiger charge is 2.38. The highest BCUT2D eigenvalue weighted by atomic mass is 32.2. The maximum atomic E-state index is 11.3. The third kappa shape index (κ3) is 2.10. The van der Waals surface area contributed by atoms with Gasteiger partial charge in [-0.25, -0.2) is 8.42 Å². The lowest BCUT2D eigenvalue weighted by molar-refractivity contribution is -0.0535. The van der Waals surface area contributed by atoms with E-state index < -0.39 is 9.84 Å². The van der Waals surface area contributed by atoms with Gasteiger partial charge < -0.3 is 9.84 Å². The maximum Gasteiger partial charge on any atom is 0.150 e. The Bertz CT molecular complexity index is 298. The minimum atomic E-state index is -2.83. The summed E-state index contributed by atoms with van der Waals surface area (Å²) in [6, 6.07) is 0. The smallest absolute Gasteiger partial charge is 0.150 e. The molecule has 3 atom stereocenters. The van der Waals surface area contributed by atoms with Gasteiger partial charge in [0.15, 0.2) is 9.84 Å². The van der Waals surface area contributed by atoms with E-state index in [1.165, 1.54) is 0 Å². The molecule has 2 aliphatic rings. The summed E-state index contributed by atoms with van der Waals surface area (Å²) >= 11 is 0. The third-order valence-electron chi connectivity index (χ3n) is 3.24. The molecule has 0 bridgehead atoms. The Morgan fingerprint density at radius 1 is 1.29 bits per heavy atom. The Hall–Kier alpha value is -0.130. The second-order valence-electron chi connectivity index (χ2n) is 4.26. The Morgan fingerprint density at radius 2 is 2.07 bits per heavy atom. The first-order chi connectivity index (χ1) is 6.58. The van der Waals surface area contributed by atoms with Crippen molar-refractivity contribution in [2.75, 3.05) is 24.7 Å². The molecule has 0 aromatic heterocycles. The molecular formula is C9H16O4S. The summed E-state index contributed by atoms with van der Waals surface area (Å²) in [4.78, 5) is 0. The zero-order valence-corrected chi connectivity index (χ0v) is 8.87. The predicted molar refractivity (Wildman–Crippen MR) is 51.7 cm³/mol. The van der Waals surface area contributed by atoms with Crippen LogP contribution in [0.2, 0.25) is 0 Å². The zero-order valence-electron chi connectivity index (χ0n) is 8.05. The van der Waals surface area contributed by atoms with Gasteiger partial charge in [0.05, 0.1) is 24.2 Å². The molecule has 0 aromatic carbocycles. The van der Waals surface area contributed by atoms with Crippen molar-refractivity contribution in [2.24, 2.45) is 11.8 Å². The van der Waals surface area contributed by atoms with Crippen LogP contribution in [0.4, 0.5) is 0 Å². The van der Waals surface area contributed by atoms with E-state index in [4.69, 9.17) is 4.74 Å². The molecule has 2 heterocycles. The number of rotatable bonds is 1. The highest BCUT2D eigenvalue weighted by Crippen LogP contribution is 2.31. The van der Waals surface area contributed by atoms with Gasteiger partial charge >= 0.3 is 0 Å². The van der Waals surface area contributed by atoms with Crippen LogP contribution < -0.4 is 0 Å². The van der Waals surface area contributed by atoms with Crippen molar-refractivity contribution in [2.45, 2.75) is 18.9 Å². The van der Waals surface area contributed by atoms with Gasteiger partial charge in [-0.2, -0.15) is 0 Å². The second kappa shape index (κ2) is 3.79. The molecule has 82 valence electrons. The molecule has 3 unspecified atom stereocenters. The number of aliphatic hydroxyl groups excluding tert-OH is 1. The van der Waals surface area contributed by atoms with Crippen LogP contribution in [0.15, 0.2) is 0 Å². The molecule has 2 fully saturated rings. The summed E-state index contributed by atoms with van der Waals surface area (Å²) in [5, 5.41) is 9.72. The van der Waals surface area contributed by atoms with E-state index in [1.807, 2.05) is 0 Å². The molecule has 0 radical (unpaired) electrons. The van der Waals surface area contributed by atoms with E-state index in [2.05, 4.69) is 0 Å². The van der Waals surface area contributed by atoms with Gasteiger partial charge in [0.25, 0.3) is 0 Å². The van der Waals surface area contributed by atoms with Crippen molar-refractivity contribution >= 4 is 9.84 Å². The van der Waals surface area contributed by atoms with E-state index in [1.54, 1.807) is 0 Å². The lowest BCUT2D eigenvalue weighted by Gasteiger charge is -2.31. The van der Waals surface area contributed by atoms with Gasteiger partial charge in [0.2, 0.25) is 0 Å². The Balaban J connectivity index is 2.01. The minimum absolute atomic E-state index is 0.0287. The van der Waals surface area contributed by atoms with Gasteiger partial charge in [-0.05, 0) is 18.8 Å². The quantitative estimate of drug-likeness (QED) is 0.666. The first-order valence-corrected chi connectivity index (χ1v) is 6.87. The van der Waals surface area contributed by atoms with E-state index in [0.29, 0.717) is 26.1 Å². The van der Waals surface area contributed by atoms with Gasteiger partial charge in [-0.1, -0.05) is 0 Å². The van der Waals surface area contributed by atoms with Crippen molar-refractivity contribution in [3.63, 3.8) is 0 Å². The van der Waals surface area contributed by atoms with Crippen molar-refractivity contribution in [3.05, 3.63) is 0 Å². The molecular weight excluding hydrogens is 204 g/mol. The van der Waals surface area contributed by atoms with Crippen LogP contribution in [0.5, 0.6) is 0 Å².